The second-order valence-corrected chi connectivity index (χ2v) is 3.23. The van der Waals surface area contributed by atoms with Crippen molar-refractivity contribution in [3.05, 3.63) is 24.3 Å². The van der Waals surface area contributed by atoms with Crippen LogP contribution < -0.4 is 5.32 Å². The van der Waals surface area contributed by atoms with Crippen LogP contribution in [0, 0.1) is 0 Å². The molecule has 1 fully saturated rings. The Kier molecular flexibility index (Phi) is 2.57. The van der Waals surface area contributed by atoms with E-state index in [9.17, 15) is 9.59 Å². The number of amides is 2. The highest BCUT2D eigenvalue weighted by molar-refractivity contribution is 5.92. The van der Waals surface area contributed by atoms with E-state index in [1.807, 2.05) is 0 Å². The summed E-state index contributed by atoms with van der Waals surface area (Å²) in [4.78, 5) is 31.7. The molecular formula is C9H10N4O2. The fraction of sp³-hybridized carbons (Fsp3) is 0.333. The number of rotatable bonds is 2. The number of carbonyl (C=O) groups is 2. The van der Waals surface area contributed by atoms with Gasteiger partial charge in [0.2, 0.25) is 11.8 Å². The third-order valence-electron chi connectivity index (χ3n) is 2.12. The van der Waals surface area contributed by atoms with Crippen molar-refractivity contribution in [2.75, 3.05) is 13.1 Å². The minimum atomic E-state index is -0.136. The van der Waals surface area contributed by atoms with Gasteiger partial charge in [-0.25, -0.2) is 9.97 Å². The molecule has 1 aliphatic rings. The van der Waals surface area contributed by atoms with Crippen molar-refractivity contribution in [2.45, 2.75) is 6.54 Å². The normalized spacial score (nSPS) is 16.4. The fourth-order valence-electron chi connectivity index (χ4n) is 1.35. The van der Waals surface area contributed by atoms with E-state index in [1.54, 1.807) is 12.3 Å². The molecule has 1 aliphatic heterocycles. The van der Waals surface area contributed by atoms with Crippen LogP contribution in [0.25, 0.3) is 0 Å². The second kappa shape index (κ2) is 4.04. The Morgan fingerprint density at radius 3 is 3.07 bits per heavy atom. The quantitative estimate of drug-likeness (QED) is 0.669. The number of piperazine rings is 1. The van der Waals surface area contributed by atoms with E-state index in [0.717, 1.165) is 5.69 Å². The largest absolute Gasteiger partial charge is 0.345 e. The lowest BCUT2D eigenvalue weighted by atomic mass is 10.3. The topological polar surface area (TPSA) is 75.2 Å². The van der Waals surface area contributed by atoms with Crippen molar-refractivity contribution < 1.29 is 9.59 Å². The number of hydrogen-bond acceptors (Lipinski definition) is 4. The molecule has 1 aromatic rings. The molecule has 1 N–H and O–H groups in total. The molecule has 2 rings (SSSR count). The lowest BCUT2D eigenvalue weighted by molar-refractivity contribution is -0.141. The molecule has 1 saturated heterocycles. The maximum atomic E-state index is 11.4. The van der Waals surface area contributed by atoms with Gasteiger partial charge in [0.1, 0.15) is 6.33 Å². The molecule has 6 nitrogen and oxygen atoms in total. The number of nitrogens with one attached hydrogen (secondary N) is 1. The first kappa shape index (κ1) is 9.57. The van der Waals surface area contributed by atoms with E-state index in [1.165, 1.54) is 11.2 Å². The van der Waals surface area contributed by atoms with Gasteiger partial charge in [0.05, 0.1) is 25.3 Å². The van der Waals surface area contributed by atoms with Crippen LogP contribution in [0.1, 0.15) is 5.69 Å². The maximum absolute atomic E-state index is 11.4. The van der Waals surface area contributed by atoms with Gasteiger partial charge in [0.25, 0.3) is 0 Å². The zero-order chi connectivity index (χ0) is 10.7. The van der Waals surface area contributed by atoms with Gasteiger partial charge in [0.15, 0.2) is 0 Å². The monoisotopic (exact) mass is 206 g/mol. The van der Waals surface area contributed by atoms with Crippen molar-refractivity contribution in [3.63, 3.8) is 0 Å². The summed E-state index contributed by atoms with van der Waals surface area (Å²) in [6.45, 7) is 0.529. The van der Waals surface area contributed by atoms with Gasteiger partial charge in [-0.3, -0.25) is 9.59 Å². The lowest BCUT2D eigenvalue weighted by Crippen LogP contribution is -2.51. The molecule has 0 radical (unpaired) electrons. The smallest absolute Gasteiger partial charge is 0.242 e. The third-order valence-corrected chi connectivity index (χ3v) is 2.12. The molecule has 0 unspecified atom stereocenters. The Morgan fingerprint density at radius 2 is 2.33 bits per heavy atom. The van der Waals surface area contributed by atoms with Crippen molar-refractivity contribution in [2.24, 2.45) is 0 Å². The van der Waals surface area contributed by atoms with Gasteiger partial charge in [-0.1, -0.05) is 0 Å². The number of carbonyl (C=O) groups excluding carboxylic acids is 2. The lowest BCUT2D eigenvalue weighted by Gasteiger charge is -2.26. The Morgan fingerprint density at radius 1 is 1.47 bits per heavy atom. The number of nitrogens with zero attached hydrogens (tertiary/aromatic N) is 3. The van der Waals surface area contributed by atoms with E-state index in [-0.39, 0.29) is 24.9 Å². The van der Waals surface area contributed by atoms with E-state index in [0.29, 0.717) is 6.54 Å². The summed E-state index contributed by atoms with van der Waals surface area (Å²) in [7, 11) is 0. The average Bonchev–Trinajstić information content (AvgIpc) is 2.25. The highest BCUT2D eigenvalue weighted by Gasteiger charge is 2.22. The first-order valence-corrected chi connectivity index (χ1v) is 4.55. The molecule has 2 heterocycles. The molecule has 6 heteroatoms. The molecular weight excluding hydrogens is 196 g/mol. The first-order valence-electron chi connectivity index (χ1n) is 4.55. The molecule has 0 saturated carbocycles. The van der Waals surface area contributed by atoms with Crippen LogP contribution >= 0.6 is 0 Å². The van der Waals surface area contributed by atoms with Crippen LogP contribution in [-0.4, -0.2) is 39.8 Å². The van der Waals surface area contributed by atoms with Gasteiger partial charge < -0.3 is 10.2 Å². The minimum absolute atomic E-state index is 0.0733. The molecule has 15 heavy (non-hydrogen) atoms. The van der Waals surface area contributed by atoms with Gasteiger partial charge in [-0.15, -0.1) is 0 Å². The minimum Gasteiger partial charge on any atom is -0.345 e. The summed E-state index contributed by atoms with van der Waals surface area (Å²) in [5.41, 5.74) is 0.730. The van der Waals surface area contributed by atoms with Crippen molar-refractivity contribution in [1.82, 2.24) is 20.2 Å². The van der Waals surface area contributed by atoms with Crippen LogP contribution in [0.5, 0.6) is 0 Å². The molecule has 78 valence electrons. The van der Waals surface area contributed by atoms with Crippen LogP contribution in [0.3, 0.4) is 0 Å². The molecule has 0 spiro atoms. The summed E-state index contributed by atoms with van der Waals surface area (Å²) < 4.78 is 0. The predicted molar refractivity (Wildman–Crippen MR) is 50.5 cm³/mol. The van der Waals surface area contributed by atoms with E-state index in [4.69, 9.17) is 0 Å². The highest BCUT2D eigenvalue weighted by Crippen LogP contribution is 2.02. The van der Waals surface area contributed by atoms with Gasteiger partial charge in [-0.2, -0.15) is 0 Å². The number of aromatic nitrogens is 2. The van der Waals surface area contributed by atoms with Crippen LogP contribution in [-0.2, 0) is 16.1 Å². The molecule has 0 atom stereocenters. The van der Waals surface area contributed by atoms with Crippen molar-refractivity contribution >= 4 is 11.8 Å². The fourth-order valence-corrected chi connectivity index (χ4v) is 1.35. The Bertz CT molecular complexity index is 379. The van der Waals surface area contributed by atoms with E-state index < -0.39 is 0 Å². The molecule has 0 aliphatic carbocycles. The Hall–Kier alpha value is -1.98. The number of hydrogen-bond donors (Lipinski definition) is 1. The maximum Gasteiger partial charge on any atom is 0.242 e. The zero-order valence-corrected chi connectivity index (χ0v) is 8.01. The predicted octanol–water partition coefficient (Wildman–Crippen LogP) is -1.06. The summed E-state index contributed by atoms with van der Waals surface area (Å²) in [6, 6.07) is 1.72. The highest BCUT2D eigenvalue weighted by atomic mass is 16.2. The van der Waals surface area contributed by atoms with Crippen molar-refractivity contribution in [1.29, 1.82) is 0 Å². The van der Waals surface area contributed by atoms with Gasteiger partial charge in [0, 0.05) is 6.20 Å². The second-order valence-electron chi connectivity index (χ2n) is 3.23. The van der Waals surface area contributed by atoms with Gasteiger partial charge >= 0.3 is 0 Å². The molecule has 0 aromatic carbocycles. The van der Waals surface area contributed by atoms with Crippen LogP contribution in [0.15, 0.2) is 18.6 Å². The summed E-state index contributed by atoms with van der Waals surface area (Å²) in [5, 5.41) is 2.48. The van der Waals surface area contributed by atoms with Crippen LogP contribution in [0.4, 0.5) is 0 Å². The standard InChI is InChI=1S/C9H10N4O2/c14-8-5-13(9(15)3-11-8)4-7-1-2-10-6-12-7/h1-2,6H,3-5H2,(H,11,14). The first-order chi connectivity index (χ1) is 7.25. The zero-order valence-electron chi connectivity index (χ0n) is 8.01. The Balaban J connectivity index is 2.05. The van der Waals surface area contributed by atoms with E-state index in [2.05, 4.69) is 15.3 Å². The molecule has 0 bridgehead atoms. The Labute approximate surface area is 86.3 Å². The SMILES string of the molecule is O=C1CN(Cc2ccncn2)C(=O)CN1. The van der Waals surface area contributed by atoms with Crippen LogP contribution in [0.2, 0.25) is 0 Å². The summed E-state index contributed by atoms with van der Waals surface area (Å²) >= 11 is 0. The molecule has 2 amide bonds. The summed E-state index contributed by atoms with van der Waals surface area (Å²) in [6.07, 6.45) is 3.03. The van der Waals surface area contributed by atoms with Crippen molar-refractivity contribution in [3.8, 4) is 0 Å². The average molecular weight is 206 g/mol. The van der Waals surface area contributed by atoms with Gasteiger partial charge in [-0.05, 0) is 6.07 Å². The summed E-state index contributed by atoms with van der Waals surface area (Å²) in [5.74, 6) is -0.225. The van der Waals surface area contributed by atoms with E-state index >= 15 is 0 Å². The molecule has 1 aromatic heterocycles. The third kappa shape index (κ3) is 2.28.